The van der Waals surface area contributed by atoms with Crippen LogP contribution in [-0.2, 0) is 0 Å². The summed E-state index contributed by atoms with van der Waals surface area (Å²) >= 11 is 11.7. The van der Waals surface area contributed by atoms with E-state index in [2.05, 4.69) is 46.5 Å². The first-order valence-corrected chi connectivity index (χ1v) is 7.70. The third-order valence-corrected chi connectivity index (χ3v) is 4.40. The van der Waals surface area contributed by atoms with Crippen molar-refractivity contribution in [2.75, 3.05) is 6.26 Å². The van der Waals surface area contributed by atoms with E-state index >= 15 is 0 Å². The molecule has 2 rings (SSSR count). The lowest BCUT2D eigenvalue weighted by molar-refractivity contribution is 1.08. The van der Waals surface area contributed by atoms with E-state index in [9.17, 15) is 0 Å². The molecule has 0 aliphatic heterocycles. The van der Waals surface area contributed by atoms with Crippen molar-refractivity contribution in [1.29, 1.82) is 0 Å². The van der Waals surface area contributed by atoms with Gasteiger partial charge < -0.3 is 0 Å². The summed E-state index contributed by atoms with van der Waals surface area (Å²) in [6.07, 6.45) is 2.07. The van der Waals surface area contributed by atoms with Gasteiger partial charge in [0.2, 0.25) is 0 Å². The van der Waals surface area contributed by atoms with Crippen LogP contribution in [0.15, 0.2) is 57.9 Å². The second kappa shape index (κ2) is 5.94. The van der Waals surface area contributed by atoms with Gasteiger partial charge in [-0.3, -0.25) is 0 Å². The average molecular weight is 328 g/mol. The Kier molecular flexibility index (Phi) is 4.55. The number of rotatable bonds is 3. The summed E-state index contributed by atoms with van der Waals surface area (Å²) in [5.41, 5.74) is 2.29. The molecule has 0 saturated carbocycles. The number of halogens is 2. The van der Waals surface area contributed by atoms with E-state index in [1.807, 2.05) is 24.3 Å². The molecule has 3 heteroatoms. The van der Waals surface area contributed by atoms with Crippen LogP contribution in [0.25, 0.3) is 0 Å². The second-order valence-electron chi connectivity index (χ2n) is 3.66. The van der Waals surface area contributed by atoms with Crippen LogP contribution in [0.5, 0.6) is 0 Å². The molecule has 0 heterocycles. The van der Waals surface area contributed by atoms with Gasteiger partial charge in [0, 0.05) is 9.37 Å². The minimum Gasteiger partial charge on any atom is -0.129 e. The molecule has 0 aromatic heterocycles. The van der Waals surface area contributed by atoms with E-state index < -0.39 is 0 Å². The fourth-order valence-corrected chi connectivity index (χ4v) is 2.99. The molecule has 0 saturated heterocycles. The highest BCUT2D eigenvalue weighted by molar-refractivity contribution is 9.10. The van der Waals surface area contributed by atoms with Gasteiger partial charge >= 0.3 is 0 Å². The predicted molar refractivity (Wildman–Crippen MR) is 80.1 cm³/mol. The maximum Gasteiger partial charge on any atom is 0.0846 e. The third-order valence-electron chi connectivity index (χ3n) is 2.57. The van der Waals surface area contributed by atoms with E-state index in [1.54, 1.807) is 11.8 Å². The molecule has 0 radical (unpaired) electrons. The smallest absolute Gasteiger partial charge is 0.0846 e. The van der Waals surface area contributed by atoms with Crippen LogP contribution in [0, 0.1) is 0 Å². The average Bonchev–Trinajstić information content (AvgIpc) is 2.39. The Morgan fingerprint density at radius 2 is 1.71 bits per heavy atom. The molecule has 2 aromatic carbocycles. The number of hydrogen-bond donors (Lipinski definition) is 0. The number of benzene rings is 2. The zero-order valence-corrected chi connectivity index (χ0v) is 12.5. The van der Waals surface area contributed by atoms with Crippen LogP contribution in [0.4, 0.5) is 0 Å². The second-order valence-corrected chi connectivity index (χ2v) is 5.86. The number of alkyl halides is 1. The third kappa shape index (κ3) is 3.06. The topological polar surface area (TPSA) is 0 Å². The fraction of sp³-hybridized carbons (Fsp3) is 0.143. The molecule has 17 heavy (non-hydrogen) atoms. The van der Waals surface area contributed by atoms with E-state index in [-0.39, 0.29) is 5.38 Å². The van der Waals surface area contributed by atoms with Crippen molar-refractivity contribution in [2.24, 2.45) is 0 Å². The molecule has 0 nitrogen and oxygen atoms in total. The van der Waals surface area contributed by atoms with Crippen molar-refractivity contribution >= 4 is 39.3 Å². The molecule has 0 aliphatic carbocycles. The van der Waals surface area contributed by atoms with E-state index in [4.69, 9.17) is 11.6 Å². The van der Waals surface area contributed by atoms with Gasteiger partial charge in [-0.05, 0) is 35.6 Å². The Hall–Kier alpha value is -0.440. The van der Waals surface area contributed by atoms with Crippen molar-refractivity contribution in [3.8, 4) is 0 Å². The lowest BCUT2D eigenvalue weighted by Gasteiger charge is -2.13. The van der Waals surface area contributed by atoms with Crippen molar-refractivity contribution in [1.82, 2.24) is 0 Å². The summed E-state index contributed by atoms with van der Waals surface area (Å²) in [7, 11) is 0. The summed E-state index contributed by atoms with van der Waals surface area (Å²) < 4.78 is 1.07. The molecular weight excluding hydrogens is 316 g/mol. The SMILES string of the molecule is CSc1ccccc1C(Cl)c1ccc(Br)cc1. The van der Waals surface area contributed by atoms with Gasteiger partial charge in [0.15, 0.2) is 0 Å². The van der Waals surface area contributed by atoms with Gasteiger partial charge in [-0.2, -0.15) is 0 Å². The molecule has 1 atom stereocenters. The van der Waals surface area contributed by atoms with Gasteiger partial charge in [-0.25, -0.2) is 0 Å². The summed E-state index contributed by atoms with van der Waals surface area (Å²) in [5, 5.41) is -0.0910. The molecule has 0 bridgehead atoms. The monoisotopic (exact) mass is 326 g/mol. The minimum atomic E-state index is -0.0910. The first-order chi connectivity index (χ1) is 8.22. The van der Waals surface area contributed by atoms with Crippen LogP contribution in [0.1, 0.15) is 16.5 Å². The van der Waals surface area contributed by atoms with Crippen molar-refractivity contribution in [2.45, 2.75) is 10.3 Å². The first kappa shape index (κ1) is 13.0. The van der Waals surface area contributed by atoms with Crippen LogP contribution in [0.2, 0.25) is 0 Å². The van der Waals surface area contributed by atoms with Crippen LogP contribution in [0.3, 0.4) is 0 Å². The Bertz CT molecular complexity index is 496. The van der Waals surface area contributed by atoms with Gasteiger partial charge in [0.1, 0.15) is 0 Å². The summed E-state index contributed by atoms with van der Waals surface area (Å²) in [4.78, 5) is 1.23. The van der Waals surface area contributed by atoms with Gasteiger partial charge in [-0.15, -0.1) is 23.4 Å². The number of hydrogen-bond acceptors (Lipinski definition) is 1. The molecule has 0 fully saturated rings. The Balaban J connectivity index is 2.36. The highest BCUT2D eigenvalue weighted by Gasteiger charge is 2.13. The maximum absolute atomic E-state index is 6.54. The summed E-state index contributed by atoms with van der Waals surface area (Å²) in [6, 6.07) is 16.4. The minimum absolute atomic E-state index is 0.0910. The first-order valence-electron chi connectivity index (χ1n) is 5.25. The highest BCUT2D eigenvalue weighted by atomic mass is 79.9. The zero-order valence-electron chi connectivity index (χ0n) is 9.36. The zero-order chi connectivity index (χ0) is 12.3. The molecule has 2 aromatic rings. The summed E-state index contributed by atoms with van der Waals surface area (Å²) in [5.74, 6) is 0. The highest BCUT2D eigenvalue weighted by Crippen LogP contribution is 2.35. The lowest BCUT2D eigenvalue weighted by atomic mass is 10.0. The molecule has 0 spiro atoms. The standard InChI is InChI=1S/C14H12BrClS/c1-17-13-5-3-2-4-12(13)14(16)10-6-8-11(15)9-7-10/h2-9,14H,1H3. The van der Waals surface area contributed by atoms with Crippen molar-refractivity contribution in [3.63, 3.8) is 0 Å². The lowest BCUT2D eigenvalue weighted by Crippen LogP contribution is -1.95. The Morgan fingerprint density at radius 1 is 1.06 bits per heavy atom. The quantitative estimate of drug-likeness (QED) is 0.530. The van der Waals surface area contributed by atoms with E-state index in [0.29, 0.717) is 0 Å². The van der Waals surface area contributed by atoms with Gasteiger partial charge in [-0.1, -0.05) is 46.3 Å². The Morgan fingerprint density at radius 3 is 2.35 bits per heavy atom. The fourth-order valence-electron chi connectivity index (χ4n) is 1.69. The molecule has 88 valence electrons. The maximum atomic E-state index is 6.54. The van der Waals surface area contributed by atoms with Crippen LogP contribution >= 0.6 is 39.3 Å². The van der Waals surface area contributed by atoms with Gasteiger partial charge in [0.05, 0.1) is 5.38 Å². The van der Waals surface area contributed by atoms with Crippen molar-refractivity contribution in [3.05, 3.63) is 64.1 Å². The Labute approximate surface area is 120 Å². The van der Waals surface area contributed by atoms with Crippen molar-refractivity contribution < 1.29 is 0 Å². The van der Waals surface area contributed by atoms with E-state index in [1.165, 1.54) is 10.5 Å². The predicted octanol–water partition coefficient (Wildman–Crippen LogP) is 5.50. The molecule has 0 aliphatic rings. The van der Waals surface area contributed by atoms with Gasteiger partial charge in [0.25, 0.3) is 0 Å². The molecule has 1 unspecified atom stereocenters. The molecular formula is C14H12BrClS. The van der Waals surface area contributed by atoms with E-state index in [0.717, 1.165) is 10.0 Å². The molecule has 0 N–H and O–H groups in total. The normalized spacial score (nSPS) is 12.4. The summed E-state index contributed by atoms with van der Waals surface area (Å²) in [6.45, 7) is 0. The van der Waals surface area contributed by atoms with Crippen LogP contribution in [-0.4, -0.2) is 6.26 Å². The molecule has 0 amide bonds. The van der Waals surface area contributed by atoms with Crippen LogP contribution < -0.4 is 0 Å². The largest absolute Gasteiger partial charge is 0.129 e. The number of thioether (sulfide) groups is 1.